The Morgan fingerprint density at radius 3 is 2.48 bits per heavy atom. The average Bonchev–Trinajstić information content (AvgIpc) is 2.66. The molecule has 1 aromatic carbocycles. The van der Waals surface area contributed by atoms with Gasteiger partial charge in [-0.15, -0.1) is 0 Å². The fourth-order valence-corrected chi connectivity index (χ4v) is 4.72. The highest BCUT2D eigenvalue weighted by atomic mass is 32.2. The third-order valence-corrected chi connectivity index (χ3v) is 6.76. The van der Waals surface area contributed by atoms with Crippen molar-refractivity contribution >= 4 is 10.0 Å². The molecule has 1 aromatic heterocycles. The molecule has 27 heavy (non-hydrogen) atoms. The van der Waals surface area contributed by atoms with Crippen molar-refractivity contribution in [2.75, 3.05) is 13.1 Å². The Morgan fingerprint density at radius 2 is 1.85 bits per heavy atom. The molecular formula is C19H21N3O4S. The number of nitriles is 1. The van der Waals surface area contributed by atoms with E-state index in [2.05, 4.69) is 0 Å². The van der Waals surface area contributed by atoms with Gasteiger partial charge in [-0.2, -0.15) is 9.57 Å². The van der Waals surface area contributed by atoms with Crippen LogP contribution in [-0.4, -0.2) is 36.5 Å². The van der Waals surface area contributed by atoms with Gasteiger partial charge in [0.25, 0.3) is 5.56 Å². The average molecular weight is 387 g/mol. The molecule has 1 aliphatic rings. The number of nitrogens with zero attached hydrogens (tertiary/aromatic N) is 3. The van der Waals surface area contributed by atoms with Crippen LogP contribution in [-0.2, 0) is 17.1 Å². The summed E-state index contributed by atoms with van der Waals surface area (Å²) in [5.41, 5.74) is 0.801. The summed E-state index contributed by atoms with van der Waals surface area (Å²) in [5.74, 6) is 0.506. The summed E-state index contributed by atoms with van der Waals surface area (Å²) in [7, 11) is -2.02. The smallest absolute Gasteiger partial charge is 0.254 e. The number of pyridine rings is 1. The van der Waals surface area contributed by atoms with E-state index in [1.165, 1.54) is 27.1 Å². The van der Waals surface area contributed by atoms with Crippen molar-refractivity contribution in [3.63, 3.8) is 0 Å². The van der Waals surface area contributed by atoms with E-state index in [-0.39, 0.29) is 22.1 Å². The van der Waals surface area contributed by atoms with Crippen LogP contribution >= 0.6 is 0 Å². The SMILES string of the molecule is Cc1cc(OC2CCN(S(=O)(=O)c3ccccc3C#N)CC2)cc(=O)n1C. The minimum absolute atomic E-state index is 0.0362. The van der Waals surface area contributed by atoms with Gasteiger partial charge in [0, 0.05) is 31.9 Å². The molecule has 0 spiro atoms. The number of ether oxygens (including phenoxy) is 1. The zero-order chi connectivity index (χ0) is 19.6. The third-order valence-electron chi connectivity index (χ3n) is 4.81. The minimum atomic E-state index is -3.72. The zero-order valence-corrected chi connectivity index (χ0v) is 16.1. The molecule has 0 bridgehead atoms. The van der Waals surface area contributed by atoms with Crippen LogP contribution in [0.3, 0.4) is 0 Å². The lowest BCUT2D eigenvalue weighted by molar-refractivity contribution is 0.134. The molecule has 1 fully saturated rings. The van der Waals surface area contributed by atoms with Crippen LogP contribution in [0.1, 0.15) is 24.1 Å². The van der Waals surface area contributed by atoms with Crippen LogP contribution in [0.2, 0.25) is 0 Å². The second-order valence-electron chi connectivity index (χ2n) is 6.56. The molecule has 0 saturated carbocycles. The molecule has 8 heteroatoms. The Morgan fingerprint density at radius 1 is 1.19 bits per heavy atom. The van der Waals surface area contributed by atoms with E-state index in [0.717, 1.165) is 5.69 Å². The van der Waals surface area contributed by atoms with E-state index in [1.54, 1.807) is 25.2 Å². The number of hydrogen-bond acceptors (Lipinski definition) is 5. The Balaban J connectivity index is 1.70. The fourth-order valence-electron chi connectivity index (χ4n) is 3.11. The number of hydrogen-bond donors (Lipinski definition) is 0. The first-order valence-corrected chi connectivity index (χ1v) is 10.1. The summed E-state index contributed by atoms with van der Waals surface area (Å²) in [6.45, 7) is 2.43. The van der Waals surface area contributed by atoms with E-state index >= 15 is 0 Å². The highest BCUT2D eigenvalue weighted by Gasteiger charge is 2.31. The predicted molar refractivity (Wildman–Crippen MR) is 100.0 cm³/mol. The molecule has 0 amide bonds. The molecule has 0 atom stereocenters. The lowest BCUT2D eigenvalue weighted by Crippen LogP contribution is -2.42. The standard InChI is InChI=1S/C19H21N3O4S/c1-14-11-17(12-19(23)21(14)2)26-16-7-9-22(10-8-16)27(24,25)18-6-4-3-5-15(18)13-20/h3-6,11-12,16H,7-10H2,1-2H3. The zero-order valence-electron chi connectivity index (χ0n) is 15.3. The summed E-state index contributed by atoms with van der Waals surface area (Å²) in [6.07, 6.45) is 0.874. The van der Waals surface area contributed by atoms with Crippen molar-refractivity contribution in [1.82, 2.24) is 8.87 Å². The molecule has 0 unspecified atom stereocenters. The highest BCUT2D eigenvalue weighted by molar-refractivity contribution is 7.89. The molecule has 7 nitrogen and oxygen atoms in total. The molecule has 0 aliphatic carbocycles. The van der Waals surface area contributed by atoms with Gasteiger partial charge < -0.3 is 9.30 Å². The second kappa shape index (κ2) is 7.55. The Hall–Kier alpha value is -2.63. The summed E-state index contributed by atoms with van der Waals surface area (Å²) >= 11 is 0. The van der Waals surface area contributed by atoms with E-state index < -0.39 is 10.0 Å². The Bertz CT molecular complexity index is 1050. The van der Waals surface area contributed by atoms with Gasteiger partial charge in [0.05, 0.1) is 10.5 Å². The Kier molecular flexibility index (Phi) is 5.35. The van der Waals surface area contributed by atoms with Crippen LogP contribution in [0.25, 0.3) is 0 Å². The quantitative estimate of drug-likeness (QED) is 0.798. The number of sulfonamides is 1. The van der Waals surface area contributed by atoms with Gasteiger partial charge >= 0.3 is 0 Å². The fraction of sp³-hybridized carbons (Fsp3) is 0.368. The molecule has 1 aliphatic heterocycles. The van der Waals surface area contributed by atoms with Gasteiger partial charge in [-0.25, -0.2) is 8.42 Å². The number of rotatable bonds is 4. The summed E-state index contributed by atoms with van der Waals surface area (Å²) < 4.78 is 34.5. The molecule has 2 aromatic rings. The molecule has 0 N–H and O–H groups in total. The number of aryl methyl sites for hydroxylation is 1. The van der Waals surface area contributed by atoms with Gasteiger partial charge in [-0.1, -0.05) is 12.1 Å². The van der Waals surface area contributed by atoms with Gasteiger partial charge in [0.1, 0.15) is 17.9 Å². The highest BCUT2D eigenvalue weighted by Crippen LogP contribution is 2.25. The van der Waals surface area contributed by atoms with Gasteiger partial charge in [0.2, 0.25) is 10.0 Å². The van der Waals surface area contributed by atoms with Crippen molar-refractivity contribution in [2.45, 2.75) is 30.8 Å². The first-order valence-electron chi connectivity index (χ1n) is 8.66. The molecule has 1 saturated heterocycles. The van der Waals surface area contributed by atoms with Crippen molar-refractivity contribution in [3.05, 3.63) is 58.0 Å². The van der Waals surface area contributed by atoms with E-state index in [1.807, 2.05) is 13.0 Å². The van der Waals surface area contributed by atoms with Gasteiger partial charge in [-0.3, -0.25) is 4.79 Å². The lowest BCUT2D eigenvalue weighted by atomic mass is 10.1. The number of piperidine rings is 1. The van der Waals surface area contributed by atoms with Crippen LogP contribution in [0.4, 0.5) is 0 Å². The van der Waals surface area contributed by atoms with Crippen LogP contribution < -0.4 is 10.3 Å². The normalized spacial score (nSPS) is 16.0. The van der Waals surface area contributed by atoms with Crippen LogP contribution in [0.15, 0.2) is 46.1 Å². The van der Waals surface area contributed by atoms with Gasteiger partial charge in [0.15, 0.2) is 0 Å². The van der Waals surface area contributed by atoms with Crippen molar-refractivity contribution in [1.29, 1.82) is 5.26 Å². The summed E-state index contributed by atoms with van der Waals surface area (Å²) in [4.78, 5) is 11.9. The largest absolute Gasteiger partial charge is 0.490 e. The van der Waals surface area contributed by atoms with Crippen molar-refractivity contribution in [2.24, 2.45) is 7.05 Å². The molecule has 2 heterocycles. The first kappa shape index (κ1) is 19.1. The molecule has 142 valence electrons. The topological polar surface area (TPSA) is 92.4 Å². The second-order valence-corrected chi connectivity index (χ2v) is 8.47. The van der Waals surface area contributed by atoms with Crippen LogP contribution in [0, 0.1) is 18.3 Å². The predicted octanol–water partition coefficient (Wildman–Crippen LogP) is 1.80. The number of aromatic nitrogens is 1. The minimum Gasteiger partial charge on any atom is -0.490 e. The van der Waals surface area contributed by atoms with Gasteiger partial charge in [-0.05, 0) is 38.0 Å². The summed E-state index contributed by atoms with van der Waals surface area (Å²) in [5, 5.41) is 9.17. The molecule has 0 radical (unpaired) electrons. The van der Waals surface area contributed by atoms with E-state index in [4.69, 9.17) is 4.74 Å². The van der Waals surface area contributed by atoms with Crippen molar-refractivity contribution in [3.8, 4) is 11.8 Å². The molecular weight excluding hydrogens is 366 g/mol. The van der Waals surface area contributed by atoms with Crippen LogP contribution in [0.5, 0.6) is 5.75 Å². The summed E-state index contributed by atoms with van der Waals surface area (Å²) in [6, 6.07) is 11.4. The first-order chi connectivity index (χ1) is 12.8. The third kappa shape index (κ3) is 3.89. The Labute approximate surface area is 158 Å². The maximum absolute atomic E-state index is 12.8. The van der Waals surface area contributed by atoms with Crippen molar-refractivity contribution < 1.29 is 13.2 Å². The monoisotopic (exact) mass is 387 g/mol. The number of benzene rings is 1. The maximum atomic E-state index is 12.8. The molecule has 3 rings (SSSR count). The van der Waals surface area contributed by atoms with E-state index in [9.17, 15) is 18.5 Å². The lowest BCUT2D eigenvalue weighted by Gasteiger charge is -2.31. The maximum Gasteiger partial charge on any atom is 0.254 e. The van der Waals surface area contributed by atoms with E-state index in [0.29, 0.717) is 31.7 Å².